The van der Waals surface area contributed by atoms with E-state index in [1.807, 2.05) is 0 Å². The third-order valence-electron chi connectivity index (χ3n) is 0.786. The molecule has 0 amide bonds. The first-order valence-corrected chi connectivity index (χ1v) is 4.54. The fourth-order valence-electron chi connectivity index (χ4n) is 0.249. The molecule has 0 unspecified atom stereocenters. The molecule has 3 N–H and O–H groups in total. The van der Waals surface area contributed by atoms with Crippen LogP contribution in [0.5, 0.6) is 0 Å². The normalized spacial score (nSPS) is 10.7. The molecule has 0 spiro atoms. The van der Waals surface area contributed by atoms with E-state index in [9.17, 15) is 8.42 Å². The average Bonchev–Trinajstić information content (AvgIpc) is 1.89. The number of rotatable bonds is 5. The second kappa shape index (κ2) is 7.48. The van der Waals surface area contributed by atoms with Gasteiger partial charge in [0.05, 0.1) is 5.75 Å². The SMILES string of the molecule is CCS(=O)(=O)ONCCN.[NaH]. The van der Waals surface area contributed by atoms with Crippen LogP contribution < -0.4 is 11.2 Å². The molecule has 0 rings (SSSR count). The predicted octanol–water partition coefficient (Wildman–Crippen LogP) is -1.83. The molecule has 0 saturated heterocycles. The summed E-state index contributed by atoms with van der Waals surface area (Å²) in [7, 11) is -3.36. The third-order valence-corrected chi connectivity index (χ3v) is 1.86. The molecule has 5 nitrogen and oxygen atoms in total. The monoisotopic (exact) mass is 192 g/mol. The molecule has 0 atom stereocenters. The second-order valence-electron chi connectivity index (χ2n) is 1.61. The summed E-state index contributed by atoms with van der Waals surface area (Å²) >= 11 is 0. The first kappa shape index (κ1) is 14.4. The maximum atomic E-state index is 10.5. The molecule has 64 valence electrons. The van der Waals surface area contributed by atoms with E-state index in [0.717, 1.165) is 0 Å². The van der Waals surface area contributed by atoms with Gasteiger partial charge in [0.2, 0.25) is 0 Å². The Hall–Kier alpha value is 0.830. The summed E-state index contributed by atoms with van der Waals surface area (Å²) in [6, 6.07) is 0. The van der Waals surface area contributed by atoms with Crippen LogP contribution in [-0.2, 0) is 14.4 Å². The molecule has 0 aromatic heterocycles. The van der Waals surface area contributed by atoms with Gasteiger partial charge in [-0.1, -0.05) is 0 Å². The van der Waals surface area contributed by atoms with Crippen LogP contribution >= 0.6 is 0 Å². The second-order valence-corrected chi connectivity index (χ2v) is 3.47. The molecular weight excluding hydrogens is 179 g/mol. The first-order valence-electron chi connectivity index (χ1n) is 2.96. The van der Waals surface area contributed by atoms with Crippen molar-refractivity contribution in [2.45, 2.75) is 6.92 Å². The van der Waals surface area contributed by atoms with Gasteiger partial charge in [-0.25, -0.2) is 0 Å². The average molecular weight is 192 g/mol. The predicted molar refractivity (Wildman–Crippen MR) is 44.8 cm³/mol. The van der Waals surface area contributed by atoms with Crippen molar-refractivity contribution in [1.82, 2.24) is 5.48 Å². The zero-order chi connectivity index (χ0) is 8.04. The molecule has 0 fully saturated rings. The van der Waals surface area contributed by atoms with Gasteiger partial charge in [0.1, 0.15) is 0 Å². The number of hydroxylamine groups is 1. The number of hydrogen-bond acceptors (Lipinski definition) is 5. The van der Waals surface area contributed by atoms with E-state index in [2.05, 4.69) is 9.76 Å². The van der Waals surface area contributed by atoms with E-state index in [1.54, 1.807) is 0 Å². The van der Waals surface area contributed by atoms with Gasteiger partial charge < -0.3 is 5.73 Å². The van der Waals surface area contributed by atoms with Crippen molar-refractivity contribution < 1.29 is 12.7 Å². The molecule has 11 heavy (non-hydrogen) atoms. The Bertz CT molecular complexity index is 170. The summed E-state index contributed by atoms with van der Waals surface area (Å²) in [6.45, 7) is 2.18. The molecule has 0 heterocycles. The Labute approximate surface area is 89.0 Å². The van der Waals surface area contributed by atoms with Crippen LogP contribution in [0.3, 0.4) is 0 Å². The third kappa shape index (κ3) is 8.74. The molecule has 0 aliphatic heterocycles. The summed E-state index contributed by atoms with van der Waals surface area (Å²) in [6.07, 6.45) is 0. The molecule has 0 saturated carbocycles. The van der Waals surface area contributed by atoms with Gasteiger partial charge in [-0.15, -0.1) is 0 Å². The standard InChI is InChI=1S/C4H12N2O3S.Na.H/c1-2-10(7,8)9-6-4-3-5;;/h6H,2-5H2,1H3;;. The molecule has 0 bridgehead atoms. The fourth-order valence-corrected chi connectivity index (χ4v) is 0.630. The van der Waals surface area contributed by atoms with Crippen LogP contribution in [0.15, 0.2) is 0 Å². The number of hydrogen-bond donors (Lipinski definition) is 2. The topological polar surface area (TPSA) is 81.4 Å². The van der Waals surface area contributed by atoms with Crippen molar-refractivity contribution in [3.63, 3.8) is 0 Å². The summed E-state index contributed by atoms with van der Waals surface area (Å²) in [5.74, 6) is -0.0371. The van der Waals surface area contributed by atoms with Crippen LogP contribution in [0.4, 0.5) is 0 Å². The summed E-state index contributed by atoms with van der Waals surface area (Å²) in [5, 5.41) is 0. The van der Waals surface area contributed by atoms with Crippen LogP contribution in [0.2, 0.25) is 0 Å². The first-order chi connectivity index (χ1) is 4.62. The van der Waals surface area contributed by atoms with Crippen molar-refractivity contribution in [3.05, 3.63) is 0 Å². The van der Waals surface area contributed by atoms with E-state index in [4.69, 9.17) is 5.73 Å². The van der Waals surface area contributed by atoms with Crippen LogP contribution in [0.25, 0.3) is 0 Å². The maximum absolute atomic E-state index is 10.5. The Kier molecular flexibility index (Phi) is 9.76. The van der Waals surface area contributed by atoms with Crippen molar-refractivity contribution in [1.29, 1.82) is 0 Å². The molecule has 0 aliphatic rings. The number of nitrogens with two attached hydrogens (primary N) is 1. The van der Waals surface area contributed by atoms with Crippen LogP contribution in [0, 0.1) is 0 Å². The molecule has 0 radical (unpaired) electrons. The van der Waals surface area contributed by atoms with E-state index in [1.165, 1.54) is 6.92 Å². The molecule has 7 heteroatoms. The van der Waals surface area contributed by atoms with Crippen LogP contribution in [0.1, 0.15) is 6.92 Å². The van der Waals surface area contributed by atoms with Crippen molar-refractivity contribution in [2.24, 2.45) is 5.73 Å². The van der Waals surface area contributed by atoms with Gasteiger partial charge >= 0.3 is 29.6 Å². The van der Waals surface area contributed by atoms with E-state index < -0.39 is 10.1 Å². The molecule has 0 aromatic rings. The van der Waals surface area contributed by atoms with Crippen molar-refractivity contribution in [2.75, 3.05) is 18.8 Å². The minimum absolute atomic E-state index is 0. The summed E-state index contributed by atoms with van der Waals surface area (Å²) < 4.78 is 25.4. The van der Waals surface area contributed by atoms with Gasteiger partial charge in [-0.3, -0.25) is 0 Å². The van der Waals surface area contributed by atoms with Gasteiger partial charge in [0.25, 0.3) is 10.1 Å². The van der Waals surface area contributed by atoms with E-state index in [-0.39, 0.29) is 35.3 Å². The van der Waals surface area contributed by atoms with Gasteiger partial charge in [-0.2, -0.15) is 18.2 Å². The Morgan fingerprint density at radius 2 is 2.09 bits per heavy atom. The zero-order valence-electron chi connectivity index (χ0n) is 5.83. The van der Waals surface area contributed by atoms with Gasteiger partial charge in [0.15, 0.2) is 0 Å². The Balaban J connectivity index is 0. The molecule has 0 aliphatic carbocycles. The summed E-state index contributed by atoms with van der Waals surface area (Å²) in [5.41, 5.74) is 7.28. The molecular formula is C4H13N2NaO3S. The van der Waals surface area contributed by atoms with Crippen molar-refractivity contribution >= 4 is 39.7 Å². The fraction of sp³-hybridized carbons (Fsp3) is 1.00. The number of nitrogens with one attached hydrogen (secondary N) is 1. The van der Waals surface area contributed by atoms with E-state index in [0.29, 0.717) is 13.1 Å². The van der Waals surface area contributed by atoms with E-state index >= 15 is 0 Å². The van der Waals surface area contributed by atoms with Crippen LogP contribution in [-0.4, -0.2) is 56.8 Å². The Morgan fingerprint density at radius 1 is 1.55 bits per heavy atom. The minimum atomic E-state index is -3.36. The quantitative estimate of drug-likeness (QED) is 0.304. The summed E-state index contributed by atoms with van der Waals surface area (Å²) in [4.78, 5) is 0. The van der Waals surface area contributed by atoms with Gasteiger partial charge in [-0.05, 0) is 6.92 Å². The van der Waals surface area contributed by atoms with Gasteiger partial charge in [0, 0.05) is 13.1 Å². The molecule has 0 aromatic carbocycles. The zero-order valence-corrected chi connectivity index (χ0v) is 6.65. The van der Waals surface area contributed by atoms with Crippen molar-refractivity contribution in [3.8, 4) is 0 Å². The Morgan fingerprint density at radius 3 is 2.45 bits per heavy atom.